The van der Waals surface area contributed by atoms with Crippen LogP contribution in [0, 0.1) is 12.8 Å². The summed E-state index contributed by atoms with van der Waals surface area (Å²) in [5.74, 6) is 2.08. The maximum absolute atomic E-state index is 12.7. The topological polar surface area (TPSA) is 66.6 Å². The minimum atomic E-state index is 0.109. The normalized spacial score (nSPS) is 18.9. The highest BCUT2D eigenvalue weighted by molar-refractivity contribution is 6.31. The van der Waals surface area contributed by atoms with Crippen LogP contribution in [-0.2, 0) is 4.79 Å². The molecule has 4 aromatic rings. The molecule has 1 aliphatic heterocycles. The van der Waals surface area contributed by atoms with Gasteiger partial charge in [0.05, 0.1) is 5.52 Å². The van der Waals surface area contributed by atoms with Crippen LogP contribution in [0.3, 0.4) is 0 Å². The number of hydrogen-bond donors (Lipinski definition) is 0. The molecule has 0 spiro atoms. The zero-order valence-electron chi connectivity index (χ0n) is 18.7. The fourth-order valence-corrected chi connectivity index (χ4v) is 4.89. The minimum Gasteiger partial charge on any atom is -0.338 e. The molecule has 2 aromatic heterocycles. The molecular formula is C25H25ClN6O. The second-order valence-corrected chi connectivity index (χ2v) is 9.66. The molecule has 0 radical (unpaired) electrons. The first-order valence-electron chi connectivity index (χ1n) is 11.5. The summed E-state index contributed by atoms with van der Waals surface area (Å²) in [6.07, 6.45) is 2.06. The third kappa shape index (κ3) is 3.51. The Balaban J connectivity index is 1.48. The third-order valence-corrected chi connectivity index (χ3v) is 6.95. The fraction of sp³-hybridized carbons (Fsp3) is 0.360. The van der Waals surface area contributed by atoms with Crippen molar-refractivity contribution >= 4 is 40.0 Å². The number of benzene rings is 2. The second-order valence-electron chi connectivity index (χ2n) is 9.22. The van der Waals surface area contributed by atoms with Crippen molar-refractivity contribution in [1.29, 1.82) is 0 Å². The lowest BCUT2D eigenvalue weighted by Crippen LogP contribution is -2.55. The van der Waals surface area contributed by atoms with Gasteiger partial charge in [0.25, 0.3) is 0 Å². The van der Waals surface area contributed by atoms with Crippen molar-refractivity contribution in [2.75, 3.05) is 24.5 Å². The van der Waals surface area contributed by atoms with Gasteiger partial charge in [0, 0.05) is 47.6 Å². The van der Waals surface area contributed by atoms with E-state index in [9.17, 15) is 4.79 Å². The van der Waals surface area contributed by atoms with Gasteiger partial charge in [-0.2, -0.15) is 0 Å². The molecule has 3 heterocycles. The first kappa shape index (κ1) is 20.4. The van der Waals surface area contributed by atoms with Crippen LogP contribution < -0.4 is 4.90 Å². The van der Waals surface area contributed by atoms with Crippen LogP contribution in [0.5, 0.6) is 0 Å². The number of rotatable bonds is 3. The number of piperazine rings is 1. The van der Waals surface area contributed by atoms with E-state index in [2.05, 4.69) is 53.2 Å². The van der Waals surface area contributed by atoms with Gasteiger partial charge in [0.2, 0.25) is 11.9 Å². The number of aromatic nitrogens is 4. The first-order chi connectivity index (χ1) is 16.0. The van der Waals surface area contributed by atoms with Gasteiger partial charge >= 0.3 is 0 Å². The molecule has 168 valence electrons. The number of anilines is 1. The van der Waals surface area contributed by atoms with E-state index in [0.717, 1.165) is 46.7 Å². The molecule has 2 aromatic carbocycles. The van der Waals surface area contributed by atoms with E-state index in [1.165, 1.54) is 5.56 Å². The lowest BCUT2D eigenvalue weighted by atomic mass is 10.1. The number of hydrogen-bond acceptors (Lipinski definition) is 5. The molecule has 2 aliphatic rings. The first-order valence-corrected chi connectivity index (χ1v) is 11.8. The summed E-state index contributed by atoms with van der Waals surface area (Å²) >= 11 is 6.30. The lowest BCUT2D eigenvalue weighted by molar-refractivity contribution is -0.134. The number of carbonyl (C=O) groups is 1. The Hall–Kier alpha value is -3.19. The van der Waals surface area contributed by atoms with Crippen LogP contribution in [0.15, 0.2) is 42.5 Å². The highest BCUT2D eigenvalue weighted by atomic mass is 35.5. The molecule has 1 saturated heterocycles. The van der Waals surface area contributed by atoms with Crippen LogP contribution in [0.25, 0.3) is 27.9 Å². The summed E-state index contributed by atoms with van der Waals surface area (Å²) in [6, 6.07) is 14.1. The summed E-state index contributed by atoms with van der Waals surface area (Å²) in [5, 5.41) is 10.7. The van der Waals surface area contributed by atoms with Crippen LogP contribution in [-0.4, -0.2) is 56.1 Å². The molecule has 1 unspecified atom stereocenters. The summed E-state index contributed by atoms with van der Waals surface area (Å²) in [6.45, 7) is 6.30. The number of aryl methyl sites for hydroxylation is 1. The van der Waals surface area contributed by atoms with Crippen molar-refractivity contribution in [2.24, 2.45) is 5.92 Å². The van der Waals surface area contributed by atoms with Crippen molar-refractivity contribution in [1.82, 2.24) is 24.5 Å². The molecule has 2 fully saturated rings. The van der Waals surface area contributed by atoms with Gasteiger partial charge in [-0.05, 0) is 44.9 Å². The Bertz CT molecular complexity index is 1380. The summed E-state index contributed by atoms with van der Waals surface area (Å²) in [4.78, 5) is 22.0. The van der Waals surface area contributed by atoms with Gasteiger partial charge in [0.1, 0.15) is 0 Å². The van der Waals surface area contributed by atoms with E-state index in [0.29, 0.717) is 30.6 Å². The molecule has 7 nitrogen and oxygen atoms in total. The zero-order valence-corrected chi connectivity index (χ0v) is 19.5. The highest BCUT2D eigenvalue weighted by Crippen LogP contribution is 2.34. The monoisotopic (exact) mass is 460 g/mol. The summed E-state index contributed by atoms with van der Waals surface area (Å²) < 4.78 is 2.05. The number of fused-ring (bicyclic) bond motifs is 3. The van der Waals surface area contributed by atoms with Gasteiger partial charge < -0.3 is 9.80 Å². The van der Waals surface area contributed by atoms with E-state index in [-0.39, 0.29) is 12.0 Å². The zero-order chi connectivity index (χ0) is 22.7. The molecule has 0 bridgehead atoms. The highest BCUT2D eigenvalue weighted by Gasteiger charge is 2.38. The number of carbonyl (C=O) groups excluding carboxylic acids is 1. The van der Waals surface area contributed by atoms with Gasteiger partial charge in [-0.15, -0.1) is 10.2 Å². The largest absolute Gasteiger partial charge is 0.338 e. The lowest BCUT2D eigenvalue weighted by Gasteiger charge is -2.40. The average molecular weight is 461 g/mol. The van der Waals surface area contributed by atoms with Crippen molar-refractivity contribution < 1.29 is 4.79 Å². The van der Waals surface area contributed by atoms with Gasteiger partial charge in [-0.3, -0.25) is 4.79 Å². The average Bonchev–Trinajstić information content (AvgIpc) is 3.57. The molecule has 1 atom stereocenters. The maximum Gasteiger partial charge on any atom is 0.226 e. The molecule has 8 heteroatoms. The van der Waals surface area contributed by atoms with E-state index in [1.54, 1.807) is 0 Å². The molecular weight excluding hydrogens is 436 g/mol. The fourth-order valence-electron chi connectivity index (χ4n) is 4.73. The van der Waals surface area contributed by atoms with E-state index < -0.39 is 0 Å². The molecule has 6 rings (SSSR count). The maximum atomic E-state index is 12.7. The van der Waals surface area contributed by atoms with Crippen molar-refractivity contribution in [3.63, 3.8) is 0 Å². The van der Waals surface area contributed by atoms with Crippen molar-refractivity contribution in [3.8, 4) is 11.4 Å². The van der Waals surface area contributed by atoms with Gasteiger partial charge in [-0.25, -0.2) is 9.38 Å². The SMILES string of the molecule is Cc1ccc(-c2nnc3c4ccc(Cl)cc4nc(N4CCN(C(=O)C5CC5)C(C)C4)n23)cc1. The Morgan fingerprint density at radius 3 is 2.58 bits per heavy atom. The number of amides is 1. The molecule has 33 heavy (non-hydrogen) atoms. The van der Waals surface area contributed by atoms with Crippen LogP contribution >= 0.6 is 11.6 Å². The summed E-state index contributed by atoms with van der Waals surface area (Å²) in [7, 11) is 0. The molecule has 1 aliphatic carbocycles. The van der Waals surface area contributed by atoms with Crippen molar-refractivity contribution in [2.45, 2.75) is 32.7 Å². The van der Waals surface area contributed by atoms with Gasteiger partial charge in [-0.1, -0.05) is 41.4 Å². The third-order valence-electron chi connectivity index (χ3n) is 6.71. The Kier molecular flexibility index (Phi) is 4.76. The molecule has 1 amide bonds. The van der Waals surface area contributed by atoms with Crippen LogP contribution in [0.4, 0.5) is 5.95 Å². The van der Waals surface area contributed by atoms with E-state index in [4.69, 9.17) is 16.6 Å². The summed E-state index contributed by atoms with van der Waals surface area (Å²) in [5.41, 5.74) is 3.72. The molecule has 0 N–H and O–H groups in total. The van der Waals surface area contributed by atoms with E-state index >= 15 is 0 Å². The molecule has 1 saturated carbocycles. The number of nitrogens with zero attached hydrogens (tertiary/aromatic N) is 6. The Labute approximate surface area is 197 Å². The predicted molar refractivity (Wildman–Crippen MR) is 130 cm³/mol. The van der Waals surface area contributed by atoms with Crippen LogP contribution in [0.2, 0.25) is 5.02 Å². The van der Waals surface area contributed by atoms with Crippen LogP contribution in [0.1, 0.15) is 25.3 Å². The van der Waals surface area contributed by atoms with Gasteiger partial charge in [0.15, 0.2) is 11.5 Å². The Morgan fingerprint density at radius 2 is 1.85 bits per heavy atom. The van der Waals surface area contributed by atoms with Crippen molar-refractivity contribution in [3.05, 3.63) is 53.1 Å². The van der Waals surface area contributed by atoms with E-state index in [1.807, 2.05) is 27.5 Å². The quantitative estimate of drug-likeness (QED) is 0.454. The number of halogens is 1. The Morgan fingerprint density at radius 1 is 1.06 bits per heavy atom. The smallest absolute Gasteiger partial charge is 0.226 e. The standard InChI is InChI=1S/C25H25ClN6O/c1-15-3-5-17(6-4-15)22-28-29-23-20-10-9-19(26)13-21(20)27-25(32(22)23)30-11-12-31(16(2)14-30)24(33)18-7-8-18/h3-6,9-10,13,16,18H,7-8,11-12,14H2,1-2H3. The predicted octanol–water partition coefficient (Wildman–Crippen LogP) is 4.35. The minimum absolute atomic E-state index is 0.109. The second kappa shape index (κ2) is 7.70.